The highest BCUT2D eigenvalue weighted by molar-refractivity contribution is 5.81. The molecule has 2 aromatic rings. The fraction of sp³-hybridized carbons (Fsp3) is 0.406. The van der Waals surface area contributed by atoms with E-state index in [-0.39, 0.29) is 51.6 Å². The molecule has 0 aliphatic carbocycles. The molecule has 0 spiro atoms. The lowest BCUT2D eigenvalue weighted by Crippen LogP contribution is -2.98. The normalized spacial score (nSPS) is 11.7. The van der Waals surface area contributed by atoms with Gasteiger partial charge in [-0.05, 0) is 23.1 Å². The monoisotopic (exact) mass is 702 g/mol. The summed E-state index contributed by atoms with van der Waals surface area (Å²) < 4.78 is 0. The molecule has 0 saturated carbocycles. The summed E-state index contributed by atoms with van der Waals surface area (Å²) in [6.45, 7) is -2.41. The predicted molar refractivity (Wildman–Crippen MR) is 175 cm³/mol. The number of hydrogen-bond donors (Lipinski definition) is 8. The summed E-state index contributed by atoms with van der Waals surface area (Å²) in [7, 11) is 0. The topological polar surface area (TPSA) is 277 Å². The number of hydrogen-bond acceptors (Lipinski definition) is 11. The third kappa shape index (κ3) is 17.8. The number of amides is 3. The molecule has 0 aromatic heterocycles. The molecule has 3 amide bonds. The molecule has 0 aliphatic heterocycles. The van der Waals surface area contributed by atoms with Crippen molar-refractivity contribution in [2.24, 2.45) is 5.73 Å². The molecule has 2 rings (SSSR count). The van der Waals surface area contributed by atoms with Crippen LogP contribution in [0.25, 0.3) is 0 Å². The van der Waals surface area contributed by atoms with Gasteiger partial charge >= 0.3 is 29.8 Å². The first-order chi connectivity index (χ1) is 23.7. The molecule has 272 valence electrons. The Bertz CT molecular complexity index is 1390. The van der Waals surface area contributed by atoms with Crippen molar-refractivity contribution in [3.05, 3.63) is 71.3 Å². The van der Waals surface area contributed by atoms with Crippen molar-refractivity contribution >= 4 is 41.6 Å². The van der Waals surface area contributed by atoms with Gasteiger partial charge in [0.25, 0.3) is 5.91 Å². The van der Waals surface area contributed by atoms with E-state index in [0.29, 0.717) is 17.5 Å². The molecular weight excluding hydrogens is 658 g/mol. The SMILES string of the molecule is N[C@H](Cc1ccccc1)C(=O)N[NH2+]C(=O)Cc1ccc(CNC(=O)CN(CCN(CC(=O)O)CC(=O)O)CCN(CC(=O)O)CC(=O)O)cc1. The van der Waals surface area contributed by atoms with Crippen LogP contribution < -0.4 is 21.9 Å². The number of primary amides is 1. The van der Waals surface area contributed by atoms with Crippen molar-refractivity contribution in [3.8, 4) is 0 Å². The minimum atomic E-state index is -1.25. The van der Waals surface area contributed by atoms with Crippen LogP contribution in [0.15, 0.2) is 54.6 Å². The van der Waals surface area contributed by atoms with E-state index in [2.05, 4.69) is 10.7 Å². The lowest BCUT2D eigenvalue weighted by Gasteiger charge is -2.28. The first-order valence-electron chi connectivity index (χ1n) is 15.5. The van der Waals surface area contributed by atoms with Crippen LogP contribution in [0.2, 0.25) is 0 Å². The van der Waals surface area contributed by atoms with Gasteiger partial charge in [-0.2, -0.15) is 10.9 Å². The fourth-order valence-electron chi connectivity index (χ4n) is 4.73. The number of nitrogens with one attached hydrogen (secondary N) is 2. The quantitative estimate of drug-likeness (QED) is 0.0321. The highest BCUT2D eigenvalue weighted by atomic mass is 16.4. The second kappa shape index (κ2) is 21.6. The Morgan fingerprint density at radius 1 is 0.620 bits per heavy atom. The molecule has 0 heterocycles. The number of carboxylic acids is 4. The van der Waals surface area contributed by atoms with Crippen LogP contribution in [0.1, 0.15) is 16.7 Å². The van der Waals surface area contributed by atoms with E-state index in [9.17, 15) is 33.6 Å². The number of rotatable bonds is 23. The number of nitrogens with zero attached hydrogens (tertiary/aromatic N) is 3. The number of benzene rings is 2. The van der Waals surface area contributed by atoms with Gasteiger partial charge in [0.1, 0.15) is 0 Å². The molecule has 0 bridgehead atoms. The molecule has 50 heavy (non-hydrogen) atoms. The lowest BCUT2D eigenvalue weighted by molar-refractivity contribution is -0.614. The van der Waals surface area contributed by atoms with Gasteiger partial charge < -0.3 is 31.5 Å². The summed E-state index contributed by atoms with van der Waals surface area (Å²) in [6, 6.07) is 15.2. The van der Waals surface area contributed by atoms with Gasteiger partial charge in [-0.15, -0.1) is 0 Å². The average molecular weight is 703 g/mol. The van der Waals surface area contributed by atoms with E-state index in [1.807, 2.05) is 30.3 Å². The number of nitrogens with two attached hydrogens (primary N) is 2. The smallest absolute Gasteiger partial charge is 0.338 e. The van der Waals surface area contributed by atoms with Gasteiger partial charge in [-0.3, -0.25) is 43.5 Å². The number of carboxylic acid groups (broad SMARTS) is 4. The first-order valence-corrected chi connectivity index (χ1v) is 15.5. The number of quaternary nitrogens is 1. The largest absolute Gasteiger partial charge is 0.480 e. The van der Waals surface area contributed by atoms with E-state index >= 15 is 0 Å². The van der Waals surface area contributed by atoms with Crippen LogP contribution in [0.4, 0.5) is 0 Å². The van der Waals surface area contributed by atoms with E-state index in [1.165, 1.54) is 0 Å². The molecule has 0 aliphatic rings. The van der Waals surface area contributed by atoms with Crippen molar-refractivity contribution in [2.75, 3.05) is 58.9 Å². The Kier molecular flexibility index (Phi) is 17.7. The van der Waals surface area contributed by atoms with Crippen molar-refractivity contribution in [2.45, 2.75) is 25.4 Å². The molecule has 18 heteroatoms. The zero-order valence-electron chi connectivity index (χ0n) is 27.4. The third-order valence-electron chi connectivity index (χ3n) is 7.17. The molecule has 0 saturated heterocycles. The molecule has 0 fully saturated rings. The highest BCUT2D eigenvalue weighted by Gasteiger charge is 2.20. The summed E-state index contributed by atoms with van der Waals surface area (Å²) in [5, 5.41) is 39.2. The molecule has 0 radical (unpaired) electrons. The van der Waals surface area contributed by atoms with Crippen LogP contribution in [-0.2, 0) is 52.9 Å². The average Bonchev–Trinajstić information content (AvgIpc) is 3.03. The minimum absolute atomic E-state index is 0.0113. The Morgan fingerprint density at radius 2 is 1.08 bits per heavy atom. The molecule has 1 atom stereocenters. The summed E-state index contributed by atoms with van der Waals surface area (Å²) in [4.78, 5) is 86.2. The van der Waals surface area contributed by atoms with Crippen molar-refractivity contribution in [1.29, 1.82) is 0 Å². The Balaban J connectivity index is 1.91. The number of aliphatic carboxylic acids is 4. The maximum absolute atomic E-state index is 12.9. The van der Waals surface area contributed by atoms with Crippen LogP contribution in [0.3, 0.4) is 0 Å². The number of carbonyl (C=O) groups is 7. The zero-order chi connectivity index (χ0) is 37.1. The van der Waals surface area contributed by atoms with Crippen molar-refractivity contribution in [1.82, 2.24) is 25.4 Å². The van der Waals surface area contributed by atoms with Gasteiger partial charge in [0, 0.05) is 32.7 Å². The molecular formula is C32H44N7O11+. The van der Waals surface area contributed by atoms with Crippen LogP contribution in [0, 0.1) is 0 Å². The second-order valence-corrected chi connectivity index (χ2v) is 11.5. The van der Waals surface area contributed by atoms with Crippen LogP contribution >= 0.6 is 0 Å². The highest BCUT2D eigenvalue weighted by Crippen LogP contribution is 2.06. The summed E-state index contributed by atoms with van der Waals surface area (Å²) in [5.41, 5.74) is 11.7. The van der Waals surface area contributed by atoms with E-state index < -0.39 is 67.9 Å². The first kappa shape index (κ1) is 40.9. The maximum Gasteiger partial charge on any atom is 0.338 e. The summed E-state index contributed by atoms with van der Waals surface area (Å²) in [5.74, 6) is -6.27. The van der Waals surface area contributed by atoms with Crippen LogP contribution in [0.5, 0.6) is 0 Å². The lowest BCUT2D eigenvalue weighted by atomic mass is 10.1. The second-order valence-electron chi connectivity index (χ2n) is 11.5. The maximum atomic E-state index is 12.9. The molecule has 10 N–H and O–H groups in total. The predicted octanol–water partition coefficient (Wildman–Crippen LogP) is -3.22. The van der Waals surface area contributed by atoms with E-state index in [4.69, 9.17) is 26.2 Å². The van der Waals surface area contributed by atoms with Crippen molar-refractivity contribution in [3.63, 3.8) is 0 Å². The Morgan fingerprint density at radius 3 is 1.56 bits per heavy atom. The molecule has 18 nitrogen and oxygen atoms in total. The number of carbonyl (C=O) groups excluding carboxylic acids is 3. The van der Waals surface area contributed by atoms with Crippen LogP contribution in [-0.4, -0.2) is 142 Å². The summed E-state index contributed by atoms with van der Waals surface area (Å²) in [6.07, 6.45) is 0.332. The third-order valence-corrected chi connectivity index (χ3v) is 7.17. The van der Waals surface area contributed by atoms with Gasteiger partial charge in [-0.1, -0.05) is 54.6 Å². The Labute approximate surface area is 287 Å². The van der Waals surface area contributed by atoms with Gasteiger partial charge in [0.2, 0.25) is 5.91 Å². The molecule has 2 aromatic carbocycles. The Hall–Kier alpha value is -5.27. The summed E-state index contributed by atoms with van der Waals surface area (Å²) >= 11 is 0. The van der Waals surface area contributed by atoms with Gasteiger partial charge in [0.05, 0.1) is 45.2 Å². The zero-order valence-corrected chi connectivity index (χ0v) is 27.4. The van der Waals surface area contributed by atoms with Gasteiger partial charge in [-0.25, -0.2) is 4.79 Å². The van der Waals surface area contributed by atoms with Gasteiger partial charge in [0.15, 0.2) is 0 Å². The fourth-order valence-corrected chi connectivity index (χ4v) is 4.73. The molecule has 0 unspecified atom stereocenters. The minimum Gasteiger partial charge on any atom is -0.480 e. The standard InChI is InChI=1S/C32H43N7O11/c33-25(14-22-4-2-1-3-5-22)32(50)36-35-26(40)15-23-6-8-24(9-7-23)16-34-27(41)17-37(10-12-38(18-28(42)43)19-29(44)45)11-13-39(20-30(46)47)21-31(48)49/h1-9,25H,10-21,33H2,(H,34,41)(H,35,40)(H,36,50)(H,42,43)(H,44,45)(H,46,47)(H,48,49)/p+1/t25-/m1/s1. The van der Waals surface area contributed by atoms with E-state index in [1.54, 1.807) is 29.2 Å². The van der Waals surface area contributed by atoms with Crippen molar-refractivity contribution < 1.29 is 59.4 Å². The van der Waals surface area contributed by atoms with E-state index in [0.717, 1.165) is 20.8 Å².